The lowest BCUT2D eigenvalue weighted by atomic mass is 10.00. The quantitative estimate of drug-likeness (QED) is 0.303. The van der Waals surface area contributed by atoms with Crippen LogP contribution in [0.3, 0.4) is 0 Å². The van der Waals surface area contributed by atoms with Gasteiger partial charge in [0.05, 0.1) is 18.4 Å². The molecule has 11 nitrogen and oxygen atoms in total. The van der Waals surface area contributed by atoms with Crippen molar-refractivity contribution in [3.8, 4) is 0 Å². The van der Waals surface area contributed by atoms with Gasteiger partial charge in [-0.2, -0.15) is 0 Å². The third-order valence-corrected chi connectivity index (χ3v) is 8.01. The second-order valence-electron chi connectivity index (χ2n) is 10.8. The lowest BCUT2D eigenvalue weighted by Gasteiger charge is -2.36. The van der Waals surface area contributed by atoms with Gasteiger partial charge in [0.25, 0.3) is 5.91 Å². The first-order chi connectivity index (χ1) is 17.0. The molecule has 0 radical (unpaired) electrons. The third-order valence-electron chi connectivity index (χ3n) is 6.31. The van der Waals surface area contributed by atoms with Crippen LogP contribution in [0.2, 0.25) is 25.7 Å². The highest BCUT2D eigenvalue weighted by molar-refractivity contribution is 6.76. The minimum absolute atomic E-state index is 0.0199. The zero-order valence-electron chi connectivity index (χ0n) is 22.2. The van der Waals surface area contributed by atoms with Crippen molar-refractivity contribution in [1.29, 1.82) is 0 Å². The van der Waals surface area contributed by atoms with E-state index in [-0.39, 0.29) is 30.8 Å². The number of piperidine rings is 1. The molecule has 1 saturated heterocycles. The van der Waals surface area contributed by atoms with Crippen molar-refractivity contribution in [2.45, 2.75) is 77.2 Å². The fraction of sp³-hybridized carbons (Fsp3) is 0.667. The van der Waals surface area contributed by atoms with E-state index in [1.165, 1.54) is 4.90 Å². The zero-order chi connectivity index (χ0) is 26.5. The smallest absolute Gasteiger partial charge is 0.407 e. The van der Waals surface area contributed by atoms with Gasteiger partial charge in [-0.1, -0.05) is 19.6 Å². The van der Waals surface area contributed by atoms with Crippen molar-refractivity contribution >= 4 is 37.1 Å². The average molecular weight is 521 g/mol. The number of nitrogens with zero attached hydrogens (tertiary/aromatic N) is 4. The number of amides is 2. The van der Waals surface area contributed by atoms with Crippen LogP contribution in [0.5, 0.6) is 0 Å². The zero-order valence-corrected chi connectivity index (χ0v) is 23.2. The Morgan fingerprint density at radius 3 is 2.72 bits per heavy atom. The Morgan fingerprint density at radius 1 is 1.31 bits per heavy atom. The minimum atomic E-state index is -1.22. The third kappa shape index (κ3) is 7.40. The Morgan fingerprint density at radius 2 is 2.06 bits per heavy atom. The maximum atomic E-state index is 13.1. The van der Waals surface area contributed by atoms with E-state index in [0.717, 1.165) is 18.9 Å². The maximum Gasteiger partial charge on any atom is 0.407 e. The van der Waals surface area contributed by atoms with Crippen LogP contribution in [0.15, 0.2) is 12.4 Å². The average Bonchev–Trinajstić information content (AvgIpc) is 3.15. The molecular formula is C24H40N6O5Si. The standard InChI is InChI=1S/C24H40N6O5Si/c1-16(14-34-3)26-23(31)19-13-29(15-35-9-10-36(4,5)6)22-21(19)28-20(11-25-22)27-18-8-7-17(2)30(12-18)24(32)33/h11,13,16-18H,7-10,12,14-15H2,1-6H3,(H,26,31)(H,27,28)(H,32,33)/t16-,17?,18?/m0/s1. The molecule has 2 amide bonds. The van der Waals surface area contributed by atoms with Gasteiger partial charge in [0.1, 0.15) is 18.1 Å². The number of hydrogen-bond acceptors (Lipinski definition) is 7. The van der Waals surface area contributed by atoms with E-state index in [1.54, 1.807) is 24.1 Å². The maximum absolute atomic E-state index is 13.1. The number of aromatic nitrogens is 3. The highest BCUT2D eigenvalue weighted by atomic mass is 28.3. The Kier molecular flexibility index (Phi) is 9.31. The first-order valence-electron chi connectivity index (χ1n) is 12.5. The summed E-state index contributed by atoms with van der Waals surface area (Å²) in [6, 6.07) is 0.763. The summed E-state index contributed by atoms with van der Waals surface area (Å²) < 4.78 is 12.9. The molecule has 3 heterocycles. The van der Waals surface area contributed by atoms with Gasteiger partial charge in [0.2, 0.25) is 0 Å². The SMILES string of the molecule is COC[C@H](C)NC(=O)c1cn(COCC[Si](C)(C)C)c2ncc(NC3CCC(C)N(C(=O)O)C3)nc12. The largest absolute Gasteiger partial charge is 0.465 e. The van der Waals surface area contributed by atoms with Gasteiger partial charge >= 0.3 is 6.09 Å². The highest BCUT2D eigenvalue weighted by Crippen LogP contribution is 2.23. The molecule has 3 rings (SSSR count). The number of carbonyl (C=O) groups is 2. The lowest BCUT2D eigenvalue weighted by molar-refractivity contribution is 0.0881. The molecule has 2 aromatic rings. The summed E-state index contributed by atoms with van der Waals surface area (Å²) in [5.41, 5.74) is 1.43. The monoisotopic (exact) mass is 520 g/mol. The molecule has 0 spiro atoms. The molecule has 1 fully saturated rings. The van der Waals surface area contributed by atoms with E-state index in [9.17, 15) is 14.7 Å². The van der Waals surface area contributed by atoms with Gasteiger partial charge in [-0.05, 0) is 32.7 Å². The number of carboxylic acid groups (broad SMARTS) is 1. The number of methoxy groups -OCH3 is 1. The summed E-state index contributed by atoms with van der Waals surface area (Å²) in [5.74, 6) is 0.240. The molecule has 2 aromatic heterocycles. The van der Waals surface area contributed by atoms with E-state index in [2.05, 4.69) is 35.3 Å². The predicted octanol–water partition coefficient (Wildman–Crippen LogP) is 3.45. The number of rotatable bonds is 11. The Labute approximate surface area is 213 Å². The minimum Gasteiger partial charge on any atom is -0.465 e. The normalized spacial score (nSPS) is 19.3. The van der Waals surface area contributed by atoms with E-state index < -0.39 is 14.2 Å². The number of likely N-dealkylation sites (tertiary alicyclic amines) is 1. The number of anilines is 1. The van der Waals surface area contributed by atoms with Crippen molar-refractivity contribution in [3.05, 3.63) is 18.0 Å². The molecular weight excluding hydrogens is 480 g/mol. The summed E-state index contributed by atoms with van der Waals surface area (Å²) in [4.78, 5) is 35.4. The molecule has 0 saturated carbocycles. The van der Waals surface area contributed by atoms with Crippen LogP contribution in [0.1, 0.15) is 37.0 Å². The second kappa shape index (κ2) is 12.0. The van der Waals surface area contributed by atoms with Crippen LogP contribution in [0, 0.1) is 0 Å². The van der Waals surface area contributed by atoms with Gasteiger partial charge in [-0.3, -0.25) is 4.79 Å². The van der Waals surface area contributed by atoms with E-state index >= 15 is 0 Å². The Bertz CT molecular complexity index is 1060. The van der Waals surface area contributed by atoms with Crippen molar-refractivity contribution in [2.75, 3.05) is 32.2 Å². The van der Waals surface area contributed by atoms with Crippen LogP contribution in [-0.2, 0) is 16.2 Å². The van der Waals surface area contributed by atoms with E-state index in [0.29, 0.717) is 42.3 Å². The first kappa shape index (κ1) is 27.9. The molecule has 3 atom stereocenters. The van der Waals surface area contributed by atoms with Crippen LogP contribution < -0.4 is 10.6 Å². The second-order valence-corrected chi connectivity index (χ2v) is 16.4. The predicted molar refractivity (Wildman–Crippen MR) is 141 cm³/mol. The number of carbonyl (C=O) groups excluding carboxylic acids is 1. The van der Waals surface area contributed by atoms with Crippen LogP contribution in [-0.4, -0.2) is 89.6 Å². The fourth-order valence-electron chi connectivity index (χ4n) is 4.22. The number of hydrogen-bond donors (Lipinski definition) is 3. The van der Waals surface area contributed by atoms with Crippen LogP contribution in [0.25, 0.3) is 11.2 Å². The highest BCUT2D eigenvalue weighted by Gasteiger charge is 2.29. The van der Waals surface area contributed by atoms with Gasteiger partial charge in [0.15, 0.2) is 5.65 Å². The topological polar surface area (TPSA) is 131 Å². The molecule has 200 valence electrons. The summed E-state index contributed by atoms with van der Waals surface area (Å²) >= 11 is 0. The van der Waals surface area contributed by atoms with Gasteiger partial charge in [-0.15, -0.1) is 0 Å². The summed E-state index contributed by atoms with van der Waals surface area (Å²) in [6.07, 6.45) is 4.01. The van der Waals surface area contributed by atoms with E-state index in [4.69, 9.17) is 14.5 Å². The van der Waals surface area contributed by atoms with Crippen molar-refractivity contribution in [3.63, 3.8) is 0 Å². The molecule has 36 heavy (non-hydrogen) atoms. The van der Waals surface area contributed by atoms with Crippen LogP contribution >= 0.6 is 0 Å². The van der Waals surface area contributed by atoms with Crippen molar-refractivity contribution in [2.24, 2.45) is 0 Å². The number of fused-ring (bicyclic) bond motifs is 1. The molecule has 1 aliphatic heterocycles. The summed E-state index contributed by atoms with van der Waals surface area (Å²) in [5, 5.41) is 15.7. The van der Waals surface area contributed by atoms with Gasteiger partial charge in [0, 0.05) is 52.7 Å². The molecule has 2 unspecified atom stereocenters. The van der Waals surface area contributed by atoms with E-state index in [1.807, 2.05) is 13.8 Å². The Hall–Kier alpha value is -2.70. The number of nitrogens with one attached hydrogen (secondary N) is 2. The molecule has 0 aliphatic carbocycles. The molecule has 1 aliphatic rings. The lowest BCUT2D eigenvalue weighted by Crippen LogP contribution is -2.49. The molecule has 3 N–H and O–H groups in total. The molecule has 12 heteroatoms. The van der Waals surface area contributed by atoms with Crippen LogP contribution in [0.4, 0.5) is 10.6 Å². The van der Waals surface area contributed by atoms with Gasteiger partial charge < -0.3 is 34.7 Å². The summed E-state index contributed by atoms with van der Waals surface area (Å²) in [6.45, 7) is 12.4. The van der Waals surface area contributed by atoms with Gasteiger partial charge in [-0.25, -0.2) is 14.8 Å². The molecule has 0 aromatic carbocycles. The molecule has 0 bridgehead atoms. The van der Waals surface area contributed by atoms with Crippen molar-refractivity contribution < 1.29 is 24.2 Å². The number of ether oxygens (including phenoxy) is 2. The van der Waals surface area contributed by atoms with Crippen molar-refractivity contribution in [1.82, 2.24) is 24.8 Å². The summed E-state index contributed by atoms with van der Waals surface area (Å²) in [7, 11) is 0.370. The first-order valence-corrected chi connectivity index (χ1v) is 16.2. The fourth-order valence-corrected chi connectivity index (χ4v) is 4.98. The Balaban J connectivity index is 1.83.